The Bertz CT molecular complexity index is 944. The molecule has 0 aliphatic heterocycles. The summed E-state index contributed by atoms with van der Waals surface area (Å²) in [6, 6.07) is 12.5. The minimum Gasteiger partial charge on any atom is -0.337 e. The maximum Gasteiger partial charge on any atom is 0.172 e. The van der Waals surface area contributed by atoms with Crippen LogP contribution in [0.5, 0.6) is 0 Å². The summed E-state index contributed by atoms with van der Waals surface area (Å²) < 4.78 is 0. The fourth-order valence-electron chi connectivity index (χ4n) is 2.42. The average molecular weight is 338 g/mol. The Hall–Kier alpha value is -2.18. The maximum atomic E-state index is 4.74. The number of hydrogen-bond acceptors (Lipinski definition) is 5. The summed E-state index contributed by atoms with van der Waals surface area (Å²) in [5.41, 5.74) is 3.45. The zero-order valence-corrected chi connectivity index (χ0v) is 14.1. The van der Waals surface area contributed by atoms with Gasteiger partial charge in [0.25, 0.3) is 0 Å². The first kappa shape index (κ1) is 14.4. The van der Waals surface area contributed by atoms with Gasteiger partial charge in [0.15, 0.2) is 5.16 Å². The van der Waals surface area contributed by atoms with Crippen LogP contribution in [0.25, 0.3) is 10.2 Å². The van der Waals surface area contributed by atoms with Crippen LogP contribution >= 0.6 is 23.1 Å². The molecule has 6 heteroatoms. The summed E-state index contributed by atoms with van der Waals surface area (Å²) in [4.78, 5) is 17.8. The number of benzene rings is 1. The third-order valence-electron chi connectivity index (χ3n) is 3.60. The van der Waals surface area contributed by atoms with Crippen molar-refractivity contribution in [3.8, 4) is 0 Å². The molecule has 0 radical (unpaired) electrons. The number of hydrogen-bond donors (Lipinski definition) is 1. The second kappa shape index (κ2) is 6.14. The lowest BCUT2D eigenvalue weighted by molar-refractivity contribution is 1.00. The van der Waals surface area contributed by atoms with Gasteiger partial charge in [-0.05, 0) is 35.7 Å². The van der Waals surface area contributed by atoms with Crippen molar-refractivity contribution in [2.45, 2.75) is 23.5 Å². The van der Waals surface area contributed by atoms with E-state index in [0.29, 0.717) is 0 Å². The number of H-pyrrole nitrogens is 1. The fourth-order valence-corrected chi connectivity index (χ4v) is 4.13. The molecule has 4 rings (SSSR count). The summed E-state index contributed by atoms with van der Waals surface area (Å²) in [5, 5.41) is 4.94. The van der Waals surface area contributed by atoms with Crippen molar-refractivity contribution in [1.82, 2.24) is 19.9 Å². The second-order valence-electron chi connectivity index (χ2n) is 5.20. The largest absolute Gasteiger partial charge is 0.337 e. The highest BCUT2D eigenvalue weighted by Crippen LogP contribution is 2.32. The van der Waals surface area contributed by atoms with Gasteiger partial charge in [0.05, 0.1) is 5.69 Å². The van der Waals surface area contributed by atoms with E-state index < -0.39 is 0 Å². The normalized spacial score (nSPS) is 11.2. The Morgan fingerprint density at radius 2 is 2.00 bits per heavy atom. The van der Waals surface area contributed by atoms with E-state index in [1.807, 2.05) is 11.4 Å². The van der Waals surface area contributed by atoms with Crippen molar-refractivity contribution in [3.63, 3.8) is 0 Å². The summed E-state index contributed by atoms with van der Waals surface area (Å²) in [5.74, 6) is 0. The van der Waals surface area contributed by atoms with E-state index in [4.69, 9.17) is 4.98 Å². The lowest BCUT2D eigenvalue weighted by Gasteiger charge is -1.99. The van der Waals surface area contributed by atoms with Gasteiger partial charge in [-0.1, -0.05) is 30.3 Å². The van der Waals surface area contributed by atoms with Gasteiger partial charge in [-0.2, -0.15) is 0 Å². The van der Waals surface area contributed by atoms with Crippen molar-refractivity contribution < 1.29 is 0 Å². The smallest absolute Gasteiger partial charge is 0.172 e. The van der Waals surface area contributed by atoms with Crippen molar-refractivity contribution >= 4 is 33.3 Å². The predicted octanol–water partition coefficient (Wildman–Crippen LogP) is 4.46. The molecule has 1 aromatic carbocycles. The summed E-state index contributed by atoms with van der Waals surface area (Å²) in [6.45, 7) is 2.06. The van der Waals surface area contributed by atoms with E-state index in [1.165, 1.54) is 5.56 Å². The molecule has 114 valence electrons. The number of aryl methyl sites for hydroxylation is 1. The highest BCUT2D eigenvalue weighted by molar-refractivity contribution is 7.99. The molecule has 0 fully saturated rings. The van der Waals surface area contributed by atoms with Crippen LogP contribution in [0, 0.1) is 6.92 Å². The van der Waals surface area contributed by atoms with E-state index in [1.54, 1.807) is 29.4 Å². The number of thiophene rings is 1. The van der Waals surface area contributed by atoms with E-state index >= 15 is 0 Å². The lowest BCUT2D eigenvalue weighted by atomic mass is 10.1. The van der Waals surface area contributed by atoms with Gasteiger partial charge in [-0.3, -0.25) is 0 Å². The summed E-state index contributed by atoms with van der Waals surface area (Å²) in [7, 11) is 0. The Kier molecular flexibility index (Phi) is 3.85. The molecule has 3 heterocycles. The van der Waals surface area contributed by atoms with Crippen LogP contribution in [0.15, 0.2) is 58.3 Å². The van der Waals surface area contributed by atoms with Crippen LogP contribution < -0.4 is 0 Å². The minimum absolute atomic E-state index is 0.835. The maximum absolute atomic E-state index is 4.74. The van der Waals surface area contributed by atoms with Gasteiger partial charge in [-0.25, -0.2) is 15.0 Å². The molecule has 0 aliphatic rings. The van der Waals surface area contributed by atoms with Crippen LogP contribution in [0.4, 0.5) is 0 Å². The third-order valence-corrected chi connectivity index (χ3v) is 5.32. The molecule has 0 aliphatic carbocycles. The molecule has 4 aromatic rings. The van der Waals surface area contributed by atoms with Gasteiger partial charge in [0.2, 0.25) is 0 Å². The molecule has 0 amide bonds. The topological polar surface area (TPSA) is 54.5 Å². The number of fused-ring (bicyclic) bond motifs is 1. The quantitative estimate of drug-likeness (QED) is 0.558. The molecule has 0 spiro atoms. The molecule has 3 aromatic heterocycles. The zero-order valence-electron chi connectivity index (χ0n) is 12.5. The Morgan fingerprint density at radius 1 is 1.13 bits per heavy atom. The van der Waals surface area contributed by atoms with Gasteiger partial charge >= 0.3 is 0 Å². The molecule has 23 heavy (non-hydrogen) atoms. The molecule has 0 bridgehead atoms. The number of imidazole rings is 1. The summed E-state index contributed by atoms with van der Waals surface area (Å²) >= 11 is 3.18. The van der Waals surface area contributed by atoms with Gasteiger partial charge in [-0.15, -0.1) is 11.3 Å². The van der Waals surface area contributed by atoms with Crippen molar-refractivity contribution in [2.24, 2.45) is 0 Å². The number of nitrogens with zero attached hydrogens (tertiary/aromatic N) is 3. The Labute approximate surface area is 142 Å². The van der Waals surface area contributed by atoms with Crippen LogP contribution in [-0.4, -0.2) is 19.9 Å². The van der Waals surface area contributed by atoms with E-state index in [2.05, 4.69) is 52.2 Å². The van der Waals surface area contributed by atoms with Gasteiger partial charge < -0.3 is 4.98 Å². The van der Waals surface area contributed by atoms with Gasteiger partial charge in [0, 0.05) is 17.5 Å². The first-order chi connectivity index (χ1) is 11.3. The molecule has 0 saturated carbocycles. The molecular formula is C17H14N4S2. The Morgan fingerprint density at radius 3 is 2.87 bits per heavy atom. The average Bonchev–Trinajstić information content (AvgIpc) is 3.16. The molecule has 0 atom stereocenters. The zero-order chi connectivity index (χ0) is 15.6. The Balaban J connectivity index is 1.61. The first-order valence-corrected chi connectivity index (χ1v) is 8.94. The number of aromatic amines is 1. The SMILES string of the molecule is Cc1[nH]c(Sc2ncnc3sccc23)nc1Cc1ccccc1. The van der Waals surface area contributed by atoms with Crippen LogP contribution in [0.2, 0.25) is 0 Å². The molecule has 0 unspecified atom stereocenters. The summed E-state index contributed by atoms with van der Waals surface area (Å²) in [6.07, 6.45) is 2.45. The minimum atomic E-state index is 0.835. The molecule has 4 nitrogen and oxygen atoms in total. The number of nitrogens with one attached hydrogen (secondary N) is 1. The standard InChI is InChI=1S/C17H14N4S2/c1-11-14(9-12-5-3-2-4-6-12)21-17(20-11)23-16-13-7-8-22-15(13)18-10-19-16/h2-8,10H,9H2,1H3,(H,20,21). The fraction of sp³-hybridized carbons (Fsp3) is 0.118. The van der Waals surface area contributed by atoms with Crippen LogP contribution in [-0.2, 0) is 6.42 Å². The first-order valence-electron chi connectivity index (χ1n) is 7.25. The molecule has 0 saturated heterocycles. The lowest BCUT2D eigenvalue weighted by Crippen LogP contribution is -1.90. The van der Waals surface area contributed by atoms with Gasteiger partial charge in [0.1, 0.15) is 16.2 Å². The van der Waals surface area contributed by atoms with Crippen molar-refractivity contribution in [2.75, 3.05) is 0 Å². The number of rotatable bonds is 4. The monoisotopic (exact) mass is 338 g/mol. The highest BCUT2D eigenvalue weighted by Gasteiger charge is 2.12. The van der Waals surface area contributed by atoms with Crippen molar-refractivity contribution in [1.29, 1.82) is 0 Å². The van der Waals surface area contributed by atoms with E-state index in [-0.39, 0.29) is 0 Å². The molecule has 1 N–H and O–H groups in total. The van der Waals surface area contributed by atoms with E-state index in [0.717, 1.165) is 38.2 Å². The second-order valence-corrected chi connectivity index (χ2v) is 7.07. The van der Waals surface area contributed by atoms with E-state index in [9.17, 15) is 0 Å². The number of aromatic nitrogens is 4. The third kappa shape index (κ3) is 3.00. The molecular weight excluding hydrogens is 324 g/mol. The van der Waals surface area contributed by atoms with Crippen molar-refractivity contribution in [3.05, 3.63) is 65.1 Å². The van der Waals surface area contributed by atoms with Crippen LogP contribution in [0.3, 0.4) is 0 Å². The predicted molar refractivity (Wildman–Crippen MR) is 94.1 cm³/mol. The van der Waals surface area contributed by atoms with Crippen LogP contribution in [0.1, 0.15) is 17.0 Å². The highest BCUT2D eigenvalue weighted by atomic mass is 32.2.